The van der Waals surface area contributed by atoms with E-state index >= 15 is 0 Å². The fourth-order valence-electron chi connectivity index (χ4n) is 2.24. The number of rotatable bonds is 4. The first kappa shape index (κ1) is 16.4. The van der Waals surface area contributed by atoms with Crippen LogP contribution in [0.4, 0.5) is 5.69 Å². The molecule has 1 amide bonds. The third kappa shape index (κ3) is 3.37. The Kier molecular flexibility index (Phi) is 4.74. The van der Waals surface area contributed by atoms with E-state index in [2.05, 4.69) is 10.5 Å². The number of hydrogen-bond acceptors (Lipinski definition) is 4. The number of hydrogen-bond donors (Lipinski definition) is 2. The smallest absolute Gasteiger partial charge is 0.239 e. The summed E-state index contributed by atoms with van der Waals surface area (Å²) < 4.78 is 5.34. The fourth-order valence-corrected chi connectivity index (χ4v) is 2.57. The molecule has 0 aliphatic rings. The van der Waals surface area contributed by atoms with Crippen LogP contribution in [0.3, 0.4) is 0 Å². The van der Waals surface area contributed by atoms with E-state index in [0.29, 0.717) is 33.3 Å². The molecule has 0 atom stereocenters. The van der Waals surface area contributed by atoms with Gasteiger partial charge in [0, 0.05) is 17.3 Å². The summed E-state index contributed by atoms with van der Waals surface area (Å²) in [5, 5.41) is 17.0. The summed E-state index contributed by atoms with van der Waals surface area (Å²) in [4.78, 5) is 11.4. The molecule has 0 fully saturated rings. The first-order valence-electron chi connectivity index (χ1n) is 6.99. The Bertz CT molecular complexity index is 873. The molecule has 1 aromatic heterocycles. The minimum Gasteiger partial charge on any atom is -0.507 e. The molecule has 0 aliphatic heterocycles. The van der Waals surface area contributed by atoms with Gasteiger partial charge in [-0.05, 0) is 24.3 Å². The SMILES string of the molecule is O=C(CCl)Nc1cccc(-c2cc(-c3c(O)cccc3Cl)no2)c1. The van der Waals surface area contributed by atoms with Crippen LogP contribution in [0.2, 0.25) is 5.02 Å². The fraction of sp³-hybridized carbons (Fsp3) is 0.0588. The summed E-state index contributed by atoms with van der Waals surface area (Å²) in [5.74, 6) is 0.0764. The number of benzene rings is 2. The van der Waals surface area contributed by atoms with Gasteiger partial charge in [-0.15, -0.1) is 11.6 Å². The van der Waals surface area contributed by atoms with Crippen LogP contribution in [-0.4, -0.2) is 22.1 Å². The second-order valence-electron chi connectivity index (χ2n) is 4.97. The molecule has 0 radical (unpaired) electrons. The van der Waals surface area contributed by atoms with Gasteiger partial charge in [0.2, 0.25) is 5.91 Å². The van der Waals surface area contributed by atoms with E-state index in [1.54, 1.807) is 36.4 Å². The van der Waals surface area contributed by atoms with E-state index in [-0.39, 0.29) is 17.5 Å². The Morgan fingerprint density at radius 3 is 2.75 bits per heavy atom. The number of amides is 1. The summed E-state index contributed by atoms with van der Waals surface area (Å²) in [6, 6.07) is 13.6. The van der Waals surface area contributed by atoms with E-state index in [4.69, 9.17) is 27.7 Å². The Morgan fingerprint density at radius 1 is 1.21 bits per heavy atom. The molecule has 5 nitrogen and oxygen atoms in total. The molecule has 2 aromatic carbocycles. The van der Waals surface area contributed by atoms with Crippen molar-refractivity contribution < 1.29 is 14.4 Å². The van der Waals surface area contributed by atoms with Crippen LogP contribution in [0.1, 0.15) is 0 Å². The molecule has 2 N–H and O–H groups in total. The molecular formula is C17H12Cl2N2O3. The standard InChI is InChI=1S/C17H12Cl2N2O3/c18-9-16(23)20-11-4-1-3-10(7-11)15-8-13(21-24-15)17-12(19)5-2-6-14(17)22/h1-8,22H,9H2,(H,20,23). The Labute approximate surface area is 147 Å². The molecule has 1 heterocycles. The molecule has 24 heavy (non-hydrogen) atoms. The van der Waals surface area contributed by atoms with Crippen LogP contribution in [0.25, 0.3) is 22.6 Å². The van der Waals surface area contributed by atoms with Gasteiger partial charge in [0.15, 0.2) is 5.76 Å². The van der Waals surface area contributed by atoms with Crippen molar-refractivity contribution in [2.45, 2.75) is 0 Å². The Balaban J connectivity index is 1.94. The van der Waals surface area contributed by atoms with Crippen molar-refractivity contribution in [1.29, 1.82) is 0 Å². The van der Waals surface area contributed by atoms with Crippen molar-refractivity contribution in [2.24, 2.45) is 0 Å². The van der Waals surface area contributed by atoms with Crippen LogP contribution in [0, 0.1) is 0 Å². The minimum atomic E-state index is -0.298. The maximum Gasteiger partial charge on any atom is 0.239 e. The molecule has 3 rings (SSSR count). The molecule has 122 valence electrons. The predicted molar refractivity (Wildman–Crippen MR) is 93.4 cm³/mol. The third-order valence-corrected chi connectivity index (χ3v) is 3.87. The second kappa shape index (κ2) is 6.95. The molecule has 0 aliphatic carbocycles. The molecule has 7 heteroatoms. The van der Waals surface area contributed by atoms with Crippen molar-refractivity contribution in [3.8, 4) is 28.3 Å². The van der Waals surface area contributed by atoms with Crippen molar-refractivity contribution in [3.05, 3.63) is 53.6 Å². The molecule has 0 saturated heterocycles. The lowest BCUT2D eigenvalue weighted by molar-refractivity contribution is -0.113. The minimum absolute atomic E-state index is 0.0190. The number of phenolic OH excluding ortho intramolecular Hbond substituents is 1. The monoisotopic (exact) mass is 362 g/mol. The first-order valence-corrected chi connectivity index (χ1v) is 7.90. The number of nitrogens with zero attached hydrogens (tertiary/aromatic N) is 1. The number of anilines is 1. The Hall–Kier alpha value is -2.50. The average molecular weight is 363 g/mol. The van der Waals surface area contributed by atoms with Crippen LogP contribution in [0.15, 0.2) is 53.1 Å². The normalized spacial score (nSPS) is 10.6. The summed E-state index contributed by atoms with van der Waals surface area (Å²) >= 11 is 11.6. The summed E-state index contributed by atoms with van der Waals surface area (Å²) in [6.45, 7) is 0. The number of alkyl halides is 1. The topological polar surface area (TPSA) is 75.4 Å². The highest BCUT2D eigenvalue weighted by Gasteiger charge is 2.15. The van der Waals surface area contributed by atoms with E-state index < -0.39 is 0 Å². The van der Waals surface area contributed by atoms with E-state index in [1.165, 1.54) is 6.07 Å². The summed E-state index contributed by atoms with van der Waals surface area (Å²) in [5.41, 5.74) is 2.13. The highest BCUT2D eigenvalue weighted by molar-refractivity contribution is 6.33. The van der Waals surface area contributed by atoms with Crippen molar-refractivity contribution in [1.82, 2.24) is 5.16 Å². The molecule has 0 spiro atoms. The second-order valence-corrected chi connectivity index (χ2v) is 5.65. The van der Waals surface area contributed by atoms with E-state index in [9.17, 15) is 9.90 Å². The summed E-state index contributed by atoms with van der Waals surface area (Å²) in [7, 11) is 0. The van der Waals surface area contributed by atoms with Crippen LogP contribution < -0.4 is 5.32 Å². The van der Waals surface area contributed by atoms with E-state index in [1.807, 2.05) is 6.07 Å². The number of phenols is 1. The predicted octanol–water partition coefficient (Wildman–Crippen LogP) is 4.54. The van der Waals surface area contributed by atoms with Crippen molar-refractivity contribution >= 4 is 34.8 Å². The van der Waals surface area contributed by atoms with Gasteiger partial charge in [-0.25, -0.2) is 0 Å². The number of carbonyl (C=O) groups is 1. The number of nitrogens with one attached hydrogen (secondary N) is 1. The zero-order valence-electron chi connectivity index (χ0n) is 12.3. The van der Waals surface area contributed by atoms with Gasteiger partial charge in [-0.2, -0.15) is 0 Å². The zero-order chi connectivity index (χ0) is 17.1. The number of aromatic hydroxyl groups is 1. The van der Waals surface area contributed by atoms with Gasteiger partial charge in [0.1, 0.15) is 17.3 Å². The van der Waals surface area contributed by atoms with Crippen LogP contribution in [0.5, 0.6) is 5.75 Å². The van der Waals surface area contributed by atoms with Crippen LogP contribution in [-0.2, 0) is 4.79 Å². The zero-order valence-corrected chi connectivity index (χ0v) is 13.8. The molecule has 0 bridgehead atoms. The Morgan fingerprint density at radius 2 is 2.00 bits per heavy atom. The molecule has 3 aromatic rings. The number of aromatic nitrogens is 1. The first-order chi connectivity index (χ1) is 11.6. The summed E-state index contributed by atoms with van der Waals surface area (Å²) in [6.07, 6.45) is 0. The van der Waals surface area contributed by atoms with Gasteiger partial charge in [-0.1, -0.05) is 35.0 Å². The lowest BCUT2D eigenvalue weighted by Gasteiger charge is -2.04. The number of halogens is 2. The third-order valence-electron chi connectivity index (χ3n) is 3.31. The van der Waals surface area contributed by atoms with Gasteiger partial charge in [-0.3, -0.25) is 4.79 Å². The lowest BCUT2D eigenvalue weighted by atomic mass is 10.1. The average Bonchev–Trinajstić information content (AvgIpc) is 3.04. The van der Waals surface area contributed by atoms with Gasteiger partial charge in [0.05, 0.1) is 10.6 Å². The molecule has 0 unspecified atom stereocenters. The lowest BCUT2D eigenvalue weighted by Crippen LogP contribution is -2.12. The van der Waals surface area contributed by atoms with Crippen molar-refractivity contribution in [2.75, 3.05) is 11.2 Å². The van der Waals surface area contributed by atoms with Gasteiger partial charge >= 0.3 is 0 Å². The highest BCUT2D eigenvalue weighted by Crippen LogP contribution is 2.36. The largest absolute Gasteiger partial charge is 0.507 e. The molecular weight excluding hydrogens is 351 g/mol. The van der Waals surface area contributed by atoms with Crippen LogP contribution >= 0.6 is 23.2 Å². The van der Waals surface area contributed by atoms with Gasteiger partial charge < -0.3 is 14.9 Å². The highest BCUT2D eigenvalue weighted by atomic mass is 35.5. The van der Waals surface area contributed by atoms with Gasteiger partial charge in [0.25, 0.3) is 0 Å². The quantitative estimate of drug-likeness (QED) is 0.667. The maximum atomic E-state index is 11.4. The van der Waals surface area contributed by atoms with Crippen molar-refractivity contribution in [3.63, 3.8) is 0 Å². The molecule has 0 saturated carbocycles. The van der Waals surface area contributed by atoms with E-state index in [0.717, 1.165) is 0 Å². The number of carbonyl (C=O) groups excluding carboxylic acids is 1. The maximum absolute atomic E-state index is 11.4.